The van der Waals surface area contributed by atoms with Crippen molar-refractivity contribution in [1.29, 1.82) is 0 Å². The summed E-state index contributed by atoms with van der Waals surface area (Å²) in [5.41, 5.74) is 5.78. The fourth-order valence-corrected chi connectivity index (χ4v) is 2.17. The number of aliphatic hydroxyl groups excluding tert-OH is 1. The van der Waals surface area contributed by atoms with Gasteiger partial charge in [0.05, 0.1) is 18.6 Å². The Kier molecular flexibility index (Phi) is 2.47. The molecule has 18 heavy (non-hydrogen) atoms. The smallest absolute Gasteiger partial charge is 0.183 e. The zero-order chi connectivity index (χ0) is 12.8. The number of hydrogen-bond donors (Lipinski definition) is 2. The molecule has 0 spiro atoms. The second-order valence-corrected chi connectivity index (χ2v) is 4.40. The van der Waals surface area contributed by atoms with Gasteiger partial charge in [0, 0.05) is 6.20 Å². The Balaban J connectivity index is 2.07. The van der Waals surface area contributed by atoms with Gasteiger partial charge in [0.2, 0.25) is 0 Å². The predicted molar refractivity (Wildman–Crippen MR) is 63.5 cm³/mol. The van der Waals surface area contributed by atoms with E-state index in [1.807, 2.05) is 23.8 Å². The number of aliphatic hydroxyl groups is 1. The number of fused-ring (bicyclic) bond motifs is 1. The van der Waals surface area contributed by atoms with Crippen LogP contribution in [0.15, 0.2) is 18.6 Å². The molecule has 3 rings (SSSR count). The zero-order valence-corrected chi connectivity index (χ0v) is 9.91. The monoisotopic (exact) mass is 250 g/mol. The van der Waals surface area contributed by atoms with Gasteiger partial charge in [0.1, 0.15) is 17.8 Å². The van der Waals surface area contributed by atoms with Crippen LogP contribution in [0.2, 0.25) is 0 Å². The standard InChI is InChI=1S/C11H14N4O3/c1-11(5-17-8(4-16)18-11)15-3-2-7-9(12)13-6-14-10(7)15/h2-3,6,8,16H,4-5H2,1H3,(H2,12,13,14)/t8-,11-/m0/s1. The summed E-state index contributed by atoms with van der Waals surface area (Å²) < 4.78 is 12.9. The molecule has 0 unspecified atom stereocenters. The molecule has 1 aliphatic rings. The highest BCUT2D eigenvalue weighted by Crippen LogP contribution is 2.31. The third-order valence-corrected chi connectivity index (χ3v) is 3.09. The first kappa shape index (κ1) is 11.4. The topological polar surface area (TPSA) is 95.4 Å². The van der Waals surface area contributed by atoms with Gasteiger partial charge >= 0.3 is 0 Å². The Labute approximate surface area is 103 Å². The third kappa shape index (κ3) is 1.56. The molecular weight excluding hydrogens is 236 g/mol. The van der Waals surface area contributed by atoms with E-state index < -0.39 is 12.0 Å². The van der Waals surface area contributed by atoms with Crippen molar-refractivity contribution < 1.29 is 14.6 Å². The van der Waals surface area contributed by atoms with E-state index in [1.165, 1.54) is 6.33 Å². The summed E-state index contributed by atoms with van der Waals surface area (Å²) in [5, 5.41) is 9.82. The lowest BCUT2D eigenvalue weighted by Crippen LogP contribution is -2.33. The highest BCUT2D eigenvalue weighted by Gasteiger charge is 2.39. The second kappa shape index (κ2) is 3.91. The summed E-state index contributed by atoms with van der Waals surface area (Å²) in [6.45, 7) is 2.04. The Morgan fingerprint density at radius 2 is 2.44 bits per heavy atom. The van der Waals surface area contributed by atoms with E-state index in [4.69, 9.17) is 20.3 Å². The van der Waals surface area contributed by atoms with Gasteiger partial charge in [-0.25, -0.2) is 9.97 Å². The first-order valence-corrected chi connectivity index (χ1v) is 5.62. The maximum Gasteiger partial charge on any atom is 0.183 e. The summed E-state index contributed by atoms with van der Waals surface area (Å²) in [4.78, 5) is 8.16. The number of nitrogens with two attached hydrogens (primary N) is 1. The van der Waals surface area contributed by atoms with Crippen molar-refractivity contribution in [2.45, 2.75) is 18.9 Å². The molecule has 0 bridgehead atoms. The Morgan fingerprint density at radius 3 is 3.17 bits per heavy atom. The van der Waals surface area contributed by atoms with E-state index in [0.29, 0.717) is 18.1 Å². The fraction of sp³-hybridized carbons (Fsp3) is 0.455. The van der Waals surface area contributed by atoms with Gasteiger partial charge < -0.3 is 24.9 Å². The third-order valence-electron chi connectivity index (χ3n) is 3.09. The SMILES string of the molecule is C[C@@]1(n2ccc3c(N)ncnc32)CO[C@H](CO)O1. The number of hydrogen-bond acceptors (Lipinski definition) is 6. The van der Waals surface area contributed by atoms with Crippen LogP contribution >= 0.6 is 0 Å². The number of rotatable bonds is 2. The van der Waals surface area contributed by atoms with E-state index in [2.05, 4.69) is 9.97 Å². The molecule has 0 aliphatic carbocycles. The van der Waals surface area contributed by atoms with Gasteiger partial charge in [0.15, 0.2) is 12.0 Å². The summed E-state index contributed by atoms with van der Waals surface area (Å²) in [6, 6.07) is 1.84. The molecule has 2 atom stereocenters. The van der Waals surface area contributed by atoms with Crippen LogP contribution in [0.4, 0.5) is 5.82 Å². The van der Waals surface area contributed by atoms with Crippen LogP contribution in [-0.2, 0) is 15.2 Å². The van der Waals surface area contributed by atoms with Crippen molar-refractivity contribution in [3.63, 3.8) is 0 Å². The highest BCUT2D eigenvalue weighted by molar-refractivity contribution is 5.86. The lowest BCUT2D eigenvalue weighted by atomic mass is 10.3. The average molecular weight is 250 g/mol. The highest BCUT2D eigenvalue weighted by atomic mass is 16.7. The molecule has 0 saturated carbocycles. The van der Waals surface area contributed by atoms with Crippen LogP contribution in [0.5, 0.6) is 0 Å². The Bertz CT molecular complexity index is 585. The zero-order valence-electron chi connectivity index (χ0n) is 9.91. The first-order valence-electron chi connectivity index (χ1n) is 5.62. The van der Waals surface area contributed by atoms with Crippen molar-refractivity contribution in [2.75, 3.05) is 18.9 Å². The van der Waals surface area contributed by atoms with E-state index in [0.717, 1.165) is 5.39 Å². The van der Waals surface area contributed by atoms with Crippen LogP contribution in [0, 0.1) is 0 Å². The average Bonchev–Trinajstić information content (AvgIpc) is 2.94. The molecule has 96 valence electrons. The summed E-state index contributed by atoms with van der Waals surface area (Å²) in [6.07, 6.45) is 2.64. The van der Waals surface area contributed by atoms with E-state index >= 15 is 0 Å². The van der Waals surface area contributed by atoms with Crippen LogP contribution < -0.4 is 5.73 Å². The van der Waals surface area contributed by atoms with Crippen LogP contribution in [-0.4, -0.2) is 39.1 Å². The molecule has 7 heteroatoms. The van der Waals surface area contributed by atoms with E-state index in [-0.39, 0.29) is 6.61 Å². The Morgan fingerprint density at radius 1 is 1.61 bits per heavy atom. The number of nitrogen functional groups attached to an aromatic ring is 1. The van der Waals surface area contributed by atoms with Gasteiger partial charge in [-0.05, 0) is 13.0 Å². The number of nitrogens with zero attached hydrogens (tertiary/aromatic N) is 3. The minimum absolute atomic E-state index is 0.175. The Hall–Kier alpha value is -1.70. The molecule has 2 aromatic rings. The van der Waals surface area contributed by atoms with Crippen LogP contribution in [0.25, 0.3) is 11.0 Å². The number of aromatic nitrogens is 3. The van der Waals surface area contributed by atoms with Crippen molar-refractivity contribution in [2.24, 2.45) is 0 Å². The number of anilines is 1. The summed E-state index contributed by atoms with van der Waals surface area (Å²) in [5.74, 6) is 0.431. The molecule has 1 aliphatic heterocycles. The molecule has 2 aromatic heterocycles. The lowest BCUT2D eigenvalue weighted by Gasteiger charge is -2.24. The van der Waals surface area contributed by atoms with Crippen molar-refractivity contribution in [3.8, 4) is 0 Å². The maximum absolute atomic E-state index is 9.05. The van der Waals surface area contributed by atoms with Crippen molar-refractivity contribution in [1.82, 2.24) is 14.5 Å². The maximum atomic E-state index is 9.05. The predicted octanol–water partition coefficient (Wildman–Crippen LogP) is 0.0514. The van der Waals surface area contributed by atoms with Gasteiger partial charge in [-0.15, -0.1) is 0 Å². The molecular formula is C11H14N4O3. The largest absolute Gasteiger partial charge is 0.391 e. The van der Waals surface area contributed by atoms with Gasteiger partial charge in [-0.3, -0.25) is 0 Å². The molecule has 3 N–H and O–H groups in total. The minimum Gasteiger partial charge on any atom is -0.391 e. The van der Waals surface area contributed by atoms with E-state index in [1.54, 1.807) is 0 Å². The van der Waals surface area contributed by atoms with Gasteiger partial charge in [-0.2, -0.15) is 0 Å². The molecule has 1 saturated heterocycles. The second-order valence-electron chi connectivity index (χ2n) is 4.40. The molecule has 7 nitrogen and oxygen atoms in total. The molecule has 0 radical (unpaired) electrons. The molecule has 0 amide bonds. The van der Waals surface area contributed by atoms with Gasteiger partial charge in [0.25, 0.3) is 0 Å². The van der Waals surface area contributed by atoms with E-state index in [9.17, 15) is 0 Å². The number of ether oxygens (including phenoxy) is 2. The summed E-state index contributed by atoms with van der Waals surface area (Å²) in [7, 11) is 0. The quantitative estimate of drug-likeness (QED) is 0.782. The van der Waals surface area contributed by atoms with Crippen molar-refractivity contribution in [3.05, 3.63) is 18.6 Å². The van der Waals surface area contributed by atoms with Crippen LogP contribution in [0.3, 0.4) is 0 Å². The lowest BCUT2D eigenvalue weighted by molar-refractivity contribution is -0.131. The fourth-order valence-electron chi connectivity index (χ4n) is 2.17. The first-order chi connectivity index (χ1) is 8.64. The molecule has 1 fully saturated rings. The molecule has 3 heterocycles. The van der Waals surface area contributed by atoms with Gasteiger partial charge in [-0.1, -0.05) is 0 Å². The normalized spacial score (nSPS) is 28.0. The van der Waals surface area contributed by atoms with Crippen LogP contribution in [0.1, 0.15) is 6.92 Å². The molecule has 0 aromatic carbocycles. The van der Waals surface area contributed by atoms with Crippen molar-refractivity contribution >= 4 is 16.9 Å². The minimum atomic E-state index is -0.698. The summed E-state index contributed by atoms with van der Waals surface area (Å²) >= 11 is 0.